The quantitative estimate of drug-likeness (QED) is 0.340. The van der Waals surface area contributed by atoms with Gasteiger partial charge in [-0.1, -0.05) is 0 Å². The van der Waals surface area contributed by atoms with Crippen molar-refractivity contribution in [1.29, 1.82) is 10.8 Å². The minimum absolute atomic E-state index is 0.0155. The lowest BCUT2D eigenvalue weighted by molar-refractivity contribution is 0.185. The molecular formula is C24H30N6O3. The fourth-order valence-corrected chi connectivity index (χ4v) is 3.97. The molecule has 2 aromatic carbocycles. The number of likely N-dealkylation sites (tertiary alicyclic amines) is 1. The third-order valence-electron chi connectivity index (χ3n) is 5.77. The third kappa shape index (κ3) is 5.25. The van der Waals surface area contributed by atoms with Gasteiger partial charge in [0.25, 0.3) is 0 Å². The van der Waals surface area contributed by atoms with Crippen LogP contribution < -0.4 is 15.2 Å². The monoisotopic (exact) mass is 450 g/mol. The molecular weight excluding hydrogens is 420 g/mol. The van der Waals surface area contributed by atoms with E-state index < -0.39 is 0 Å². The number of nitrogens with two attached hydrogens (primary N) is 1. The maximum atomic E-state index is 7.75. The van der Waals surface area contributed by atoms with Gasteiger partial charge in [-0.25, -0.2) is 4.98 Å². The van der Waals surface area contributed by atoms with Crippen molar-refractivity contribution in [2.45, 2.75) is 32.6 Å². The molecule has 0 aliphatic carbocycles. The van der Waals surface area contributed by atoms with Gasteiger partial charge in [0.2, 0.25) is 0 Å². The van der Waals surface area contributed by atoms with E-state index in [9.17, 15) is 0 Å². The zero-order valence-electron chi connectivity index (χ0n) is 19.0. The Kier molecular flexibility index (Phi) is 6.79. The SMILES string of the molecule is COCCn1c(COc2ccc(OC3CCN(C(C)=N)C3)cc2)nc2cc(C(=N)N)ccc21. The lowest BCUT2D eigenvalue weighted by atomic mass is 10.2. The number of hydrogen-bond donors (Lipinski definition) is 3. The molecule has 1 fully saturated rings. The topological polar surface area (TPSA) is 122 Å². The van der Waals surface area contributed by atoms with E-state index in [1.807, 2.05) is 47.4 Å². The summed E-state index contributed by atoms with van der Waals surface area (Å²) in [7, 11) is 1.67. The van der Waals surface area contributed by atoms with Crippen LogP contribution in [0, 0.1) is 10.8 Å². The summed E-state index contributed by atoms with van der Waals surface area (Å²) in [5.74, 6) is 2.89. The van der Waals surface area contributed by atoms with Crippen molar-refractivity contribution in [3.63, 3.8) is 0 Å². The number of nitrogen functional groups attached to an aromatic ring is 1. The molecule has 1 atom stereocenters. The number of fused-ring (bicyclic) bond motifs is 1. The van der Waals surface area contributed by atoms with E-state index in [4.69, 9.17) is 35.7 Å². The van der Waals surface area contributed by atoms with E-state index in [2.05, 4.69) is 4.57 Å². The molecule has 0 saturated carbocycles. The molecule has 1 saturated heterocycles. The van der Waals surface area contributed by atoms with Gasteiger partial charge in [0.05, 0.1) is 30.0 Å². The number of ether oxygens (including phenoxy) is 3. The predicted molar refractivity (Wildman–Crippen MR) is 127 cm³/mol. The minimum atomic E-state index is 0.0155. The lowest BCUT2D eigenvalue weighted by Gasteiger charge is -2.17. The normalized spacial score (nSPS) is 15.7. The Balaban J connectivity index is 1.43. The molecule has 33 heavy (non-hydrogen) atoms. The van der Waals surface area contributed by atoms with Crippen molar-refractivity contribution in [1.82, 2.24) is 14.5 Å². The number of rotatable bonds is 9. The Morgan fingerprint density at radius 3 is 2.58 bits per heavy atom. The van der Waals surface area contributed by atoms with Crippen LogP contribution in [0.5, 0.6) is 11.5 Å². The van der Waals surface area contributed by atoms with Crippen molar-refractivity contribution in [2.24, 2.45) is 5.73 Å². The molecule has 1 aromatic heterocycles. The fraction of sp³-hybridized carbons (Fsp3) is 0.375. The Bertz CT molecular complexity index is 1140. The van der Waals surface area contributed by atoms with E-state index in [1.165, 1.54) is 0 Å². The number of benzene rings is 2. The summed E-state index contributed by atoms with van der Waals surface area (Å²) in [4.78, 5) is 6.74. The molecule has 9 nitrogen and oxygen atoms in total. The largest absolute Gasteiger partial charge is 0.489 e. The first-order valence-corrected chi connectivity index (χ1v) is 11.0. The maximum absolute atomic E-state index is 7.75. The molecule has 0 spiro atoms. The fourth-order valence-electron chi connectivity index (χ4n) is 3.97. The van der Waals surface area contributed by atoms with E-state index in [0.717, 1.165) is 47.9 Å². The summed E-state index contributed by atoms with van der Waals surface area (Å²) in [5.41, 5.74) is 7.99. The number of nitrogens with zero attached hydrogens (tertiary/aromatic N) is 3. The summed E-state index contributed by atoms with van der Waals surface area (Å²) in [6.07, 6.45) is 1.01. The first-order chi connectivity index (χ1) is 15.9. The van der Waals surface area contributed by atoms with Crippen LogP contribution in [0.15, 0.2) is 42.5 Å². The number of nitrogens with one attached hydrogen (secondary N) is 2. The Morgan fingerprint density at radius 2 is 1.91 bits per heavy atom. The van der Waals surface area contributed by atoms with E-state index >= 15 is 0 Å². The molecule has 0 amide bonds. The van der Waals surface area contributed by atoms with Crippen LogP contribution in [0.1, 0.15) is 24.7 Å². The van der Waals surface area contributed by atoms with Crippen LogP contribution in [-0.4, -0.2) is 59.0 Å². The molecule has 174 valence electrons. The minimum Gasteiger partial charge on any atom is -0.489 e. The van der Waals surface area contributed by atoms with Gasteiger partial charge >= 0.3 is 0 Å². The van der Waals surface area contributed by atoms with Crippen LogP contribution in [0.3, 0.4) is 0 Å². The highest BCUT2D eigenvalue weighted by molar-refractivity contribution is 5.98. The van der Waals surface area contributed by atoms with Crippen LogP contribution in [0.2, 0.25) is 0 Å². The van der Waals surface area contributed by atoms with Gasteiger partial charge in [-0.3, -0.25) is 10.8 Å². The van der Waals surface area contributed by atoms with Crippen LogP contribution in [0.25, 0.3) is 11.0 Å². The number of methoxy groups -OCH3 is 1. The summed E-state index contributed by atoms with van der Waals surface area (Å²) in [6.45, 7) is 4.90. The van der Waals surface area contributed by atoms with Gasteiger partial charge in [-0.05, 0) is 49.4 Å². The van der Waals surface area contributed by atoms with E-state index in [-0.39, 0.29) is 11.9 Å². The Labute approximate surface area is 193 Å². The van der Waals surface area contributed by atoms with Crippen molar-refractivity contribution < 1.29 is 14.2 Å². The average molecular weight is 451 g/mol. The standard InChI is InChI=1S/C24H30N6O3/c1-16(25)29-10-9-20(14-29)33-19-6-4-18(5-7-19)32-15-23-28-21-13-17(24(26)27)3-8-22(21)30(23)11-12-31-2/h3-8,13,20,25H,9-12,14-15H2,1-2H3,(H3,26,27). The summed E-state index contributed by atoms with van der Waals surface area (Å²) < 4.78 is 19.4. The maximum Gasteiger partial charge on any atom is 0.148 e. The highest BCUT2D eigenvalue weighted by atomic mass is 16.5. The number of amidine groups is 2. The summed E-state index contributed by atoms with van der Waals surface area (Å²) >= 11 is 0. The molecule has 1 unspecified atom stereocenters. The first-order valence-electron chi connectivity index (χ1n) is 11.0. The van der Waals surface area contributed by atoms with Crippen molar-refractivity contribution >= 4 is 22.7 Å². The Hall–Kier alpha value is -3.59. The first kappa shape index (κ1) is 22.6. The molecule has 4 rings (SSSR count). The number of imidazole rings is 1. The van der Waals surface area contributed by atoms with Gasteiger partial charge in [0.1, 0.15) is 35.9 Å². The summed E-state index contributed by atoms with van der Waals surface area (Å²) in [6, 6.07) is 13.2. The van der Waals surface area contributed by atoms with Crippen molar-refractivity contribution in [2.75, 3.05) is 26.8 Å². The highest BCUT2D eigenvalue weighted by Gasteiger charge is 2.24. The molecule has 1 aliphatic rings. The lowest BCUT2D eigenvalue weighted by Crippen LogP contribution is -2.28. The van der Waals surface area contributed by atoms with Gasteiger partial charge in [-0.15, -0.1) is 0 Å². The van der Waals surface area contributed by atoms with Gasteiger partial charge in [-0.2, -0.15) is 0 Å². The van der Waals surface area contributed by atoms with Gasteiger partial charge < -0.3 is 29.4 Å². The van der Waals surface area contributed by atoms with Gasteiger partial charge in [0, 0.05) is 32.2 Å². The zero-order valence-corrected chi connectivity index (χ0v) is 19.0. The number of hydrogen-bond acceptors (Lipinski definition) is 6. The molecule has 4 N–H and O–H groups in total. The average Bonchev–Trinajstić information content (AvgIpc) is 3.41. The Morgan fingerprint density at radius 1 is 1.15 bits per heavy atom. The molecule has 0 bridgehead atoms. The van der Waals surface area contributed by atoms with Crippen LogP contribution in [0.4, 0.5) is 0 Å². The molecule has 3 aromatic rings. The molecule has 2 heterocycles. The van der Waals surface area contributed by atoms with Crippen molar-refractivity contribution in [3.05, 3.63) is 53.9 Å². The summed E-state index contributed by atoms with van der Waals surface area (Å²) in [5, 5.41) is 15.4. The zero-order chi connectivity index (χ0) is 23.4. The van der Waals surface area contributed by atoms with Crippen LogP contribution >= 0.6 is 0 Å². The molecule has 9 heteroatoms. The second kappa shape index (κ2) is 9.91. The highest BCUT2D eigenvalue weighted by Crippen LogP contribution is 2.24. The van der Waals surface area contributed by atoms with Gasteiger partial charge in [0.15, 0.2) is 0 Å². The molecule has 1 aliphatic heterocycles. The predicted octanol–water partition coefficient (Wildman–Crippen LogP) is 3.00. The van der Waals surface area contributed by atoms with E-state index in [0.29, 0.717) is 31.2 Å². The van der Waals surface area contributed by atoms with Crippen molar-refractivity contribution in [3.8, 4) is 11.5 Å². The smallest absolute Gasteiger partial charge is 0.148 e. The second-order valence-corrected chi connectivity index (χ2v) is 8.11. The van der Waals surface area contributed by atoms with Crippen LogP contribution in [-0.2, 0) is 17.9 Å². The molecule has 0 radical (unpaired) electrons. The number of aromatic nitrogens is 2. The van der Waals surface area contributed by atoms with E-state index in [1.54, 1.807) is 14.0 Å². The second-order valence-electron chi connectivity index (χ2n) is 8.11. The third-order valence-corrected chi connectivity index (χ3v) is 5.77.